The normalized spacial score (nSPS) is 11.6. The predicted octanol–water partition coefficient (Wildman–Crippen LogP) is 8.53. The lowest BCUT2D eigenvalue weighted by atomic mass is 10.1. The Morgan fingerprint density at radius 3 is 1.74 bits per heavy atom. The fourth-order valence-electron chi connectivity index (χ4n) is 4.25. The van der Waals surface area contributed by atoms with Crippen molar-refractivity contribution >= 4 is 57.5 Å². The molecule has 0 bridgehead atoms. The van der Waals surface area contributed by atoms with Crippen LogP contribution in [0.3, 0.4) is 0 Å². The van der Waals surface area contributed by atoms with E-state index in [2.05, 4.69) is 9.97 Å². The van der Waals surface area contributed by atoms with E-state index in [1.54, 1.807) is 36.4 Å². The zero-order valence-electron chi connectivity index (χ0n) is 21.1. The molecule has 6 rings (SSSR count). The van der Waals surface area contributed by atoms with Crippen LogP contribution in [0.1, 0.15) is 45.7 Å². The maximum atomic E-state index is 11.7. The molecule has 0 aliphatic rings. The first-order chi connectivity index (χ1) is 18.8. The Morgan fingerprint density at radius 1 is 0.667 bits per heavy atom. The second kappa shape index (κ2) is 9.82. The first-order valence-corrected chi connectivity index (χ1v) is 12.6. The van der Waals surface area contributed by atoms with Crippen molar-refractivity contribution in [2.24, 2.45) is 0 Å². The maximum absolute atomic E-state index is 11.7. The number of benzene rings is 4. The minimum atomic E-state index is -0.0286. The molecule has 0 unspecified atom stereocenters. The van der Waals surface area contributed by atoms with Gasteiger partial charge in [0.15, 0.2) is 22.7 Å². The molecule has 0 radical (unpaired) electrons. The van der Waals surface area contributed by atoms with E-state index >= 15 is 0 Å². The van der Waals surface area contributed by atoms with Crippen molar-refractivity contribution in [3.63, 3.8) is 0 Å². The summed E-state index contributed by atoms with van der Waals surface area (Å²) in [4.78, 5) is 32.4. The van der Waals surface area contributed by atoms with Gasteiger partial charge < -0.3 is 8.83 Å². The molecular weight excluding hydrogens is 512 g/mol. The van der Waals surface area contributed by atoms with Crippen molar-refractivity contribution in [2.45, 2.75) is 13.8 Å². The van der Waals surface area contributed by atoms with Crippen LogP contribution in [0.25, 0.3) is 57.3 Å². The first kappa shape index (κ1) is 24.5. The summed E-state index contributed by atoms with van der Waals surface area (Å²) in [5.41, 5.74) is 7.10. The number of carbonyl (C=O) groups excluding carboxylic acids is 2. The third-order valence-electron chi connectivity index (χ3n) is 6.45. The highest BCUT2D eigenvalue weighted by atomic mass is 35.5. The quantitative estimate of drug-likeness (QED) is 0.158. The molecule has 0 saturated carbocycles. The van der Waals surface area contributed by atoms with Gasteiger partial charge in [-0.15, -0.1) is 0 Å². The number of carbonyl (C=O) groups is 2. The van der Waals surface area contributed by atoms with Gasteiger partial charge in [-0.25, -0.2) is 9.97 Å². The van der Waals surface area contributed by atoms with E-state index in [0.29, 0.717) is 50.1 Å². The molecule has 39 heavy (non-hydrogen) atoms. The molecular formula is C32H21ClN2O4. The van der Waals surface area contributed by atoms with Gasteiger partial charge in [0.2, 0.25) is 11.8 Å². The van der Waals surface area contributed by atoms with Crippen molar-refractivity contribution in [1.82, 2.24) is 9.97 Å². The lowest BCUT2D eigenvalue weighted by molar-refractivity contribution is 0.100. The number of rotatable bonds is 6. The van der Waals surface area contributed by atoms with Crippen LogP contribution in [-0.2, 0) is 0 Å². The smallest absolute Gasteiger partial charge is 0.227 e. The molecule has 190 valence electrons. The van der Waals surface area contributed by atoms with Crippen LogP contribution in [0.15, 0.2) is 87.7 Å². The Hall–Kier alpha value is -4.81. The maximum Gasteiger partial charge on any atom is 0.227 e. The van der Waals surface area contributed by atoms with E-state index in [0.717, 1.165) is 22.3 Å². The fraction of sp³-hybridized carbons (Fsp3) is 0.0625. The Bertz CT molecular complexity index is 1930. The van der Waals surface area contributed by atoms with Crippen LogP contribution in [0, 0.1) is 0 Å². The highest BCUT2D eigenvalue weighted by Crippen LogP contribution is 2.30. The van der Waals surface area contributed by atoms with Crippen molar-refractivity contribution < 1.29 is 18.4 Å². The van der Waals surface area contributed by atoms with Gasteiger partial charge in [0.25, 0.3) is 0 Å². The lowest BCUT2D eigenvalue weighted by Gasteiger charge is -2.02. The molecule has 6 nitrogen and oxygen atoms in total. The Kier molecular flexibility index (Phi) is 6.17. The van der Waals surface area contributed by atoms with E-state index in [-0.39, 0.29) is 11.6 Å². The van der Waals surface area contributed by atoms with Crippen molar-refractivity contribution in [3.05, 3.63) is 106 Å². The largest absolute Gasteiger partial charge is 0.436 e. The average Bonchev–Trinajstić information content (AvgIpc) is 3.56. The highest BCUT2D eigenvalue weighted by Gasteiger charge is 2.12. The monoisotopic (exact) mass is 532 g/mol. The van der Waals surface area contributed by atoms with Crippen molar-refractivity contribution in [2.75, 3.05) is 0 Å². The number of aromatic nitrogens is 2. The molecule has 4 aromatic carbocycles. The summed E-state index contributed by atoms with van der Waals surface area (Å²) in [6.07, 6.45) is 3.91. The number of hydrogen-bond donors (Lipinski definition) is 0. The minimum absolute atomic E-state index is 0.0174. The van der Waals surface area contributed by atoms with Gasteiger partial charge in [-0.2, -0.15) is 0 Å². The predicted molar refractivity (Wildman–Crippen MR) is 153 cm³/mol. The molecule has 0 N–H and O–H groups in total. The van der Waals surface area contributed by atoms with Crippen LogP contribution in [-0.4, -0.2) is 21.5 Å². The standard InChI is InChI=1S/C32H21ClN2O4/c1-18(36)23-11-13-27-29(16-23)38-31(34-27)22-7-4-20(5-8-22)3-6-21-9-10-25(15-26(21)33)32-35-28-14-12-24(19(2)37)17-30(28)39-32/h3-17H,1-2H3. The zero-order chi connectivity index (χ0) is 27.1. The summed E-state index contributed by atoms with van der Waals surface area (Å²) in [6.45, 7) is 3.04. The second-order valence-electron chi connectivity index (χ2n) is 9.21. The first-order valence-electron chi connectivity index (χ1n) is 12.3. The number of oxazole rings is 2. The van der Waals surface area contributed by atoms with E-state index in [4.69, 9.17) is 20.4 Å². The second-order valence-corrected chi connectivity index (χ2v) is 9.61. The molecule has 0 spiro atoms. The van der Waals surface area contributed by atoms with Gasteiger partial charge >= 0.3 is 0 Å². The number of nitrogens with zero attached hydrogens (tertiary/aromatic N) is 2. The summed E-state index contributed by atoms with van der Waals surface area (Å²) in [5.74, 6) is 0.891. The summed E-state index contributed by atoms with van der Waals surface area (Å²) >= 11 is 6.58. The molecule has 0 aliphatic carbocycles. The summed E-state index contributed by atoms with van der Waals surface area (Å²) in [7, 11) is 0. The summed E-state index contributed by atoms with van der Waals surface area (Å²) < 4.78 is 11.8. The number of Topliss-reactive ketones (excluding diaryl/α,β-unsaturated/α-hetero) is 2. The summed E-state index contributed by atoms with van der Waals surface area (Å²) in [6, 6.07) is 23.9. The van der Waals surface area contributed by atoms with E-state index in [9.17, 15) is 9.59 Å². The molecule has 7 heteroatoms. The number of halogens is 1. The number of hydrogen-bond acceptors (Lipinski definition) is 6. The van der Waals surface area contributed by atoms with Gasteiger partial charge in [0.1, 0.15) is 11.0 Å². The molecule has 0 fully saturated rings. The van der Waals surface area contributed by atoms with E-state index in [1.165, 1.54) is 13.8 Å². The van der Waals surface area contributed by atoms with E-state index in [1.807, 2.05) is 54.6 Å². The van der Waals surface area contributed by atoms with Gasteiger partial charge in [0, 0.05) is 27.3 Å². The topological polar surface area (TPSA) is 86.2 Å². The molecule has 2 aromatic heterocycles. The van der Waals surface area contributed by atoms with E-state index < -0.39 is 0 Å². The number of ketones is 2. The Morgan fingerprint density at radius 2 is 1.21 bits per heavy atom. The molecule has 0 aliphatic heterocycles. The molecule has 2 heterocycles. The van der Waals surface area contributed by atoms with Crippen LogP contribution >= 0.6 is 11.6 Å². The zero-order valence-corrected chi connectivity index (χ0v) is 21.8. The Balaban J connectivity index is 1.20. The van der Waals surface area contributed by atoms with Crippen LogP contribution in [0.5, 0.6) is 0 Å². The lowest BCUT2D eigenvalue weighted by Crippen LogP contribution is -1.89. The van der Waals surface area contributed by atoms with Crippen molar-refractivity contribution in [3.8, 4) is 22.9 Å². The minimum Gasteiger partial charge on any atom is -0.436 e. The SMILES string of the molecule is CC(=O)c1ccc2nc(-c3ccc(C=Cc4ccc(-c5nc6ccc(C(C)=O)cc6o5)cc4Cl)cc3)oc2c1. The van der Waals surface area contributed by atoms with Gasteiger partial charge in [-0.3, -0.25) is 9.59 Å². The van der Waals surface area contributed by atoms with Gasteiger partial charge in [0.05, 0.1) is 0 Å². The van der Waals surface area contributed by atoms with Crippen LogP contribution in [0.2, 0.25) is 5.02 Å². The molecule has 0 atom stereocenters. The Labute approximate surface area is 228 Å². The van der Waals surface area contributed by atoms with Crippen LogP contribution < -0.4 is 0 Å². The average molecular weight is 533 g/mol. The molecule has 6 aromatic rings. The van der Waals surface area contributed by atoms with Crippen LogP contribution in [0.4, 0.5) is 0 Å². The van der Waals surface area contributed by atoms with Gasteiger partial charge in [-0.05, 0) is 85.6 Å². The number of fused-ring (bicyclic) bond motifs is 2. The van der Waals surface area contributed by atoms with Gasteiger partial charge in [-0.1, -0.05) is 42.0 Å². The fourth-order valence-corrected chi connectivity index (χ4v) is 4.50. The molecule has 0 saturated heterocycles. The third kappa shape index (κ3) is 4.90. The highest BCUT2D eigenvalue weighted by molar-refractivity contribution is 6.32. The van der Waals surface area contributed by atoms with Crippen molar-refractivity contribution in [1.29, 1.82) is 0 Å². The summed E-state index contributed by atoms with van der Waals surface area (Å²) in [5, 5.41) is 0.559. The molecule has 0 amide bonds. The third-order valence-corrected chi connectivity index (χ3v) is 6.78.